The summed E-state index contributed by atoms with van der Waals surface area (Å²) >= 11 is 10.7. The van der Waals surface area contributed by atoms with Crippen LogP contribution in [0.2, 0.25) is 10.2 Å². The number of hydrogen-bond donors (Lipinski definition) is 1. The maximum atomic E-state index is 12.4. The fourth-order valence-electron chi connectivity index (χ4n) is 0.895. The van der Waals surface area contributed by atoms with E-state index in [-0.39, 0.29) is 0 Å². The third-order valence-electron chi connectivity index (χ3n) is 1.46. The number of aromatic carboxylic acids is 1. The number of carboxylic acids is 1. The van der Waals surface area contributed by atoms with Crippen molar-refractivity contribution in [3.05, 3.63) is 27.5 Å². The van der Waals surface area contributed by atoms with E-state index in [4.69, 9.17) is 28.3 Å². The van der Waals surface area contributed by atoms with Crippen molar-refractivity contribution in [2.45, 2.75) is 6.43 Å². The number of carbonyl (C=O) groups is 1. The average Bonchev–Trinajstić information content (AvgIpc) is 2.07. The van der Waals surface area contributed by atoms with Gasteiger partial charge in [0.05, 0.1) is 10.6 Å². The summed E-state index contributed by atoms with van der Waals surface area (Å²) < 4.78 is 24.8. The van der Waals surface area contributed by atoms with Crippen molar-refractivity contribution in [1.82, 2.24) is 4.98 Å². The second-order valence-corrected chi connectivity index (χ2v) is 3.06. The van der Waals surface area contributed by atoms with E-state index < -0.39 is 33.7 Å². The van der Waals surface area contributed by atoms with Crippen LogP contribution in [-0.4, -0.2) is 16.1 Å². The van der Waals surface area contributed by atoms with Gasteiger partial charge in [-0.15, -0.1) is 0 Å². The van der Waals surface area contributed by atoms with Crippen LogP contribution in [0.4, 0.5) is 8.78 Å². The Bertz CT molecular complexity index is 384. The average molecular weight is 242 g/mol. The van der Waals surface area contributed by atoms with Gasteiger partial charge in [-0.2, -0.15) is 0 Å². The maximum Gasteiger partial charge on any atom is 0.339 e. The molecule has 0 radical (unpaired) electrons. The summed E-state index contributed by atoms with van der Waals surface area (Å²) in [7, 11) is 0. The van der Waals surface area contributed by atoms with E-state index in [2.05, 4.69) is 4.98 Å². The van der Waals surface area contributed by atoms with Gasteiger partial charge in [0, 0.05) is 6.20 Å². The third-order valence-corrected chi connectivity index (χ3v) is 2.04. The second kappa shape index (κ2) is 4.06. The highest BCUT2D eigenvalue weighted by molar-refractivity contribution is 6.35. The predicted molar refractivity (Wildman–Crippen MR) is 46.2 cm³/mol. The Hall–Kier alpha value is -0.940. The van der Waals surface area contributed by atoms with Gasteiger partial charge < -0.3 is 5.11 Å². The van der Waals surface area contributed by atoms with Crippen LogP contribution in [0, 0.1) is 0 Å². The minimum Gasteiger partial charge on any atom is -0.478 e. The molecule has 0 aliphatic carbocycles. The second-order valence-electron chi connectivity index (χ2n) is 2.29. The van der Waals surface area contributed by atoms with Crippen LogP contribution in [0.5, 0.6) is 0 Å². The summed E-state index contributed by atoms with van der Waals surface area (Å²) in [6.07, 6.45) is -2.12. The molecule has 3 nitrogen and oxygen atoms in total. The molecule has 1 aromatic heterocycles. The minimum absolute atomic E-state index is 0.415. The smallest absolute Gasteiger partial charge is 0.339 e. The molecule has 1 rings (SSSR count). The van der Waals surface area contributed by atoms with Gasteiger partial charge in [-0.1, -0.05) is 23.2 Å². The van der Waals surface area contributed by atoms with E-state index in [0.717, 1.165) is 6.20 Å². The van der Waals surface area contributed by atoms with Crippen LogP contribution in [0.1, 0.15) is 22.3 Å². The van der Waals surface area contributed by atoms with Crippen LogP contribution in [0.15, 0.2) is 6.20 Å². The molecule has 7 heteroatoms. The number of rotatable bonds is 2. The summed E-state index contributed by atoms with van der Waals surface area (Å²) in [5, 5.41) is 7.69. The molecule has 1 heterocycles. The molecule has 1 N–H and O–H groups in total. The van der Waals surface area contributed by atoms with E-state index in [1.54, 1.807) is 0 Å². The fourth-order valence-corrected chi connectivity index (χ4v) is 1.35. The number of pyridine rings is 1. The van der Waals surface area contributed by atoms with E-state index in [0.29, 0.717) is 0 Å². The Labute approximate surface area is 87.3 Å². The highest BCUT2D eigenvalue weighted by Crippen LogP contribution is 2.32. The molecule has 0 aliphatic rings. The molecule has 0 spiro atoms. The Morgan fingerprint density at radius 3 is 2.43 bits per heavy atom. The van der Waals surface area contributed by atoms with E-state index in [1.165, 1.54) is 0 Å². The van der Waals surface area contributed by atoms with Gasteiger partial charge in [-0.3, -0.25) is 0 Å². The molecule has 0 aromatic carbocycles. The molecule has 0 bridgehead atoms. The van der Waals surface area contributed by atoms with Crippen molar-refractivity contribution >= 4 is 29.2 Å². The van der Waals surface area contributed by atoms with Crippen molar-refractivity contribution in [3.63, 3.8) is 0 Å². The van der Waals surface area contributed by atoms with Gasteiger partial charge in [0.15, 0.2) is 0 Å². The quantitative estimate of drug-likeness (QED) is 0.810. The number of carboxylic acid groups (broad SMARTS) is 1. The van der Waals surface area contributed by atoms with Crippen LogP contribution in [0.3, 0.4) is 0 Å². The van der Waals surface area contributed by atoms with Crippen molar-refractivity contribution in [2.24, 2.45) is 0 Å². The molecule has 14 heavy (non-hydrogen) atoms. The van der Waals surface area contributed by atoms with Crippen molar-refractivity contribution in [3.8, 4) is 0 Å². The highest BCUT2D eigenvalue weighted by atomic mass is 35.5. The molecular formula is C7H3Cl2F2NO2. The first kappa shape index (κ1) is 11.1. The van der Waals surface area contributed by atoms with Crippen molar-refractivity contribution in [1.29, 1.82) is 0 Å². The highest BCUT2D eigenvalue weighted by Gasteiger charge is 2.25. The lowest BCUT2D eigenvalue weighted by Crippen LogP contribution is -2.06. The lowest BCUT2D eigenvalue weighted by Gasteiger charge is -2.07. The molecule has 0 unspecified atom stereocenters. The largest absolute Gasteiger partial charge is 0.478 e. The van der Waals surface area contributed by atoms with Crippen LogP contribution >= 0.6 is 23.2 Å². The third kappa shape index (κ3) is 1.93. The predicted octanol–water partition coefficient (Wildman–Crippen LogP) is 3.02. The number of alkyl halides is 2. The zero-order valence-corrected chi connectivity index (χ0v) is 7.98. The van der Waals surface area contributed by atoms with Gasteiger partial charge >= 0.3 is 5.97 Å². The van der Waals surface area contributed by atoms with Gasteiger partial charge in [-0.05, 0) is 0 Å². The Balaban J connectivity index is 3.50. The van der Waals surface area contributed by atoms with Crippen molar-refractivity contribution in [2.75, 3.05) is 0 Å². The SMILES string of the molecule is O=C(O)c1c(Cl)ncc(Cl)c1C(F)F. The van der Waals surface area contributed by atoms with Crippen LogP contribution in [-0.2, 0) is 0 Å². The molecule has 0 aliphatic heterocycles. The number of halogens is 4. The van der Waals surface area contributed by atoms with Gasteiger partial charge in [0.25, 0.3) is 6.43 Å². The number of hydrogen-bond acceptors (Lipinski definition) is 2. The summed E-state index contributed by atoms with van der Waals surface area (Å²) in [4.78, 5) is 13.9. The first-order valence-electron chi connectivity index (χ1n) is 3.30. The minimum atomic E-state index is -3.01. The normalized spacial score (nSPS) is 10.6. The first-order valence-corrected chi connectivity index (χ1v) is 4.06. The molecular weight excluding hydrogens is 239 g/mol. The first-order chi connectivity index (χ1) is 6.45. The van der Waals surface area contributed by atoms with E-state index in [1.807, 2.05) is 0 Å². The fraction of sp³-hybridized carbons (Fsp3) is 0.143. The monoisotopic (exact) mass is 241 g/mol. The van der Waals surface area contributed by atoms with Crippen molar-refractivity contribution < 1.29 is 18.7 Å². The summed E-state index contributed by atoms with van der Waals surface area (Å²) in [6.45, 7) is 0. The van der Waals surface area contributed by atoms with Crippen LogP contribution in [0.25, 0.3) is 0 Å². The lowest BCUT2D eigenvalue weighted by atomic mass is 10.1. The summed E-state index contributed by atoms with van der Waals surface area (Å²) in [6, 6.07) is 0. The van der Waals surface area contributed by atoms with E-state index in [9.17, 15) is 13.6 Å². The lowest BCUT2D eigenvalue weighted by molar-refractivity contribution is 0.0684. The number of nitrogens with zero attached hydrogens (tertiary/aromatic N) is 1. The zero-order chi connectivity index (χ0) is 10.9. The zero-order valence-electron chi connectivity index (χ0n) is 6.47. The molecule has 0 amide bonds. The molecule has 0 saturated heterocycles. The number of aromatic nitrogens is 1. The molecule has 0 fully saturated rings. The summed E-state index contributed by atoms with van der Waals surface area (Å²) in [5.41, 5.74) is -1.56. The Morgan fingerprint density at radius 1 is 1.50 bits per heavy atom. The Kier molecular flexibility index (Phi) is 3.23. The topological polar surface area (TPSA) is 50.2 Å². The molecule has 0 atom stereocenters. The van der Waals surface area contributed by atoms with Gasteiger partial charge in [-0.25, -0.2) is 18.6 Å². The van der Waals surface area contributed by atoms with E-state index >= 15 is 0 Å². The van der Waals surface area contributed by atoms with Gasteiger partial charge in [0.2, 0.25) is 0 Å². The standard InChI is InChI=1S/C7H3Cl2F2NO2/c8-2-1-12-5(9)4(7(13)14)3(2)6(10)11/h1,6H,(H,13,14). The molecule has 76 valence electrons. The van der Waals surface area contributed by atoms with Crippen LogP contribution < -0.4 is 0 Å². The van der Waals surface area contributed by atoms with Gasteiger partial charge in [0.1, 0.15) is 10.7 Å². The molecule has 1 aromatic rings. The molecule has 0 saturated carbocycles. The summed E-state index contributed by atoms with van der Waals surface area (Å²) in [5.74, 6) is -1.58. The Morgan fingerprint density at radius 2 is 2.07 bits per heavy atom. The maximum absolute atomic E-state index is 12.4.